The van der Waals surface area contributed by atoms with E-state index in [9.17, 15) is 37.5 Å². The molecule has 8 fully saturated rings. The number of nitrogens with one attached hydrogen (secondary N) is 4. The molecule has 134 heavy (non-hydrogen) atoms. The third kappa shape index (κ3) is 24.5. The molecular formula is C97H106ClF3N20O13. The second kappa shape index (κ2) is 45.2. The second-order valence-electron chi connectivity index (χ2n) is 34.0. The highest BCUT2D eigenvalue weighted by atomic mass is 35.5. The van der Waals surface area contributed by atoms with Crippen molar-refractivity contribution in [2.45, 2.75) is 158 Å². The van der Waals surface area contributed by atoms with Crippen LogP contribution >= 0.6 is 11.6 Å². The minimum atomic E-state index is -0.970. The molecule has 700 valence electrons. The number of nitrogens with zero attached hydrogens (tertiary/aromatic N) is 16. The average molecular weight is 1850 g/mol. The van der Waals surface area contributed by atoms with Crippen molar-refractivity contribution in [1.82, 2.24) is 81.1 Å². The van der Waals surface area contributed by atoms with Gasteiger partial charge in [0.05, 0.1) is 124 Å². The largest absolute Gasteiger partial charge is 0.488 e. The molecule has 33 nitrogen and oxygen atoms in total. The third-order valence-corrected chi connectivity index (χ3v) is 25.2. The zero-order valence-corrected chi connectivity index (χ0v) is 74.8. The number of morpholine rings is 4. The highest BCUT2D eigenvalue weighted by Crippen LogP contribution is 2.39. The molecule has 0 spiro atoms. The Labute approximate surface area is 776 Å². The van der Waals surface area contributed by atoms with Crippen LogP contribution in [0.25, 0.3) is 44.1 Å². The number of anilines is 4. The van der Waals surface area contributed by atoms with E-state index in [0.29, 0.717) is 105 Å². The molecule has 20 rings (SSSR count). The van der Waals surface area contributed by atoms with Crippen LogP contribution < -0.4 is 59.8 Å². The number of amides is 4. The summed E-state index contributed by atoms with van der Waals surface area (Å²) < 4.78 is 87.6. The van der Waals surface area contributed by atoms with E-state index in [0.717, 1.165) is 234 Å². The molecule has 4 amide bonds. The summed E-state index contributed by atoms with van der Waals surface area (Å²) in [5.41, 5.74) is 11.5. The summed E-state index contributed by atoms with van der Waals surface area (Å²) in [4.78, 5) is 111. The van der Waals surface area contributed by atoms with E-state index < -0.39 is 29.1 Å². The van der Waals surface area contributed by atoms with Gasteiger partial charge in [0.25, 0.3) is 23.6 Å². The number of halogens is 4. The predicted molar refractivity (Wildman–Crippen MR) is 495 cm³/mol. The zero-order valence-electron chi connectivity index (χ0n) is 74.1. The number of pyridine rings is 4. The van der Waals surface area contributed by atoms with Crippen LogP contribution in [0.3, 0.4) is 0 Å². The van der Waals surface area contributed by atoms with Crippen LogP contribution in [-0.2, 0) is 25.6 Å². The van der Waals surface area contributed by atoms with Gasteiger partial charge in [0, 0.05) is 179 Å². The van der Waals surface area contributed by atoms with Crippen LogP contribution in [0.4, 0.5) is 35.9 Å². The van der Waals surface area contributed by atoms with Crippen LogP contribution in [0.15, 0.2) is 165 Å². The molecule has 0 unspecified atom stereocenters. The lowest BCUT2D eigenvalue weighted by molar-refractivity contribution is 0.0879. The van der Waals surface area contributed by atoms with Gasteiger partial charge in [0.1, 0.15) is 78.9 Å². The van der Waals surface area contributed by atoms with Gasteiger partial charge in [-0.1, -0.05) is 23.7 Å². The standard InChI is InChI=1S/C25H29N5O4.C24H26ClN5O3.C24H25F2N5O3.C24H26FN5O3/c31-16-18-2-1-3-21(28-18)25(32)29-17-4-6-20(7-5-17)34-23-15-19(30-10-12-33-13-11-30)14-22-24(23)27-9-8-26-22;25-22-3-1-2-19(29-22)24(31)28-16-4-6-18(7-5-16)33-21-15-17(30-10-12-32-13-11-30)14-20-23(21)27-9-8-26-20;25-15-11-19(26)22(29-14-15)24(32)30-16-1-3-18(4-2-16)34-21-13-17(31-7-9-33-10-8-31)12-20-23(21)28-6-5-27-20;25-16-1-6-20(28-15-16)24(31)29-17-2-4-19(5-3-17)33-22-14-18(30-9-11-32-12-10-30)13-21-23(22)27-8-7-26-21/h1-3,8-9,14-15,17,20,31H,4-7,10-13,16H2,(H,29,32);1-3,8-9,14-16,18H,4-7,10-13H2,(H,28,31);5-6,11-14,16,18H,1-4,7-10H2,(H,30,32);1,6-8,13-15,17,19H,2-5,9-12H2,(H,29,31). The predicted octanol–water partition coefficient (Wildman–Crippen LogP) is 12.5. The number of aliphatic hydroxyl groups is 1. The summed E-state index contributed by atoms with van der Waals surface area (Å²) >= 11 is 5.90. The van der Waals surface area contributed by atoms with Crippen LogP contribution in [0, 0.1) is 17.5 Å². The first-order chi connectivity index (χ1) is 65.6. The Hall–Kier alpha value is -13.0. The van der Waals surface area contributed by atoms with Gasteiger partial charge in [-0.05, 0) is 163 Å². The third-order valence-electron chi connectivity index (χ3n) is 24.9. The normalized spacial score (nSPS) is 20.9. The molecule has 12 aromatic rings. The molecule has 12 heterocycles. The average Bonchev–Trinajstić information content (AvgIpc) is 0.789. The Morgan fingerprint density at radius 3 is 0.985 bits per heavy atom. The number of carbonyl (C=O) groups excluding carboxylic acids is 4. The van der Waals surface area contributed by atoms with E-state index in [1.807, 2.05) is 12.1 Å². The molecule has 8 aromatic heterocycles. The Morgan fingerprint density at radius 2 is 0.664 bits per heavy atom. The molecular weight excluding hydrogens is 1750 g/mol. The number of benzene rings is 4. The van der Waals surface area contributed by atoms with Crippen molar-refractivity contribution in [3.05, 3.63) is 216 Å². The van der Waals surface area contributed by atoms with Crippen molar-refractivity contribution < 1.29 is 75.4 Å². The Balaban J connectivity index is 0.000000124. The fourth-order valence-electron chi connectivity index (χ4n) is 17.9. The van der Waals surface area contributed by atoms with E-state index in [-0.39, 0.29) is 78.6 Å². The van der Waals surface area contributed by atoms with Gasteiger partial charge in [-0.2, -0.15) is 0 Å². The summed E-state index contributed by atoms with van der Waals surface area (Å²) in [6, 6.07) is 29.9. The first-order valence-electron chi connectivity index (χ1n) is 45.9. The number of ether oxygens (including phenoxy) is 8. The first kappa shape index (κ1) is 92.8. The smallest absolute Gasteiger partial charge is 0.273 e. The van der Waals surface area contributed by atoms with E-state index in [2.05, 4.69) is 137 Å². The number of aliphatic hydroxyl groups excluding tert-OH is 1. The summed E-state index contributed by atoms with van der Waals surface area (Å²) in [5.74, 6) is -0.617. The van der Waals surface area contributed by atoms with E-state index in [4.69, 9.17) is 49.5 Å². The lowest BCUT2D eigenvalue weighted by Gasteiger charge is -2.31. The van der Waals surface area contributed by atoms with Crippen molar-refractivity contribution in [2.75, 3.05) is 125 Å². The highest BCUT2D eigenvalue weighted by Gasteiger charge is 2.33. The molecule has 8 aliphatic rings. The molecule has 4 saturated heterocycles. The number of fused-ring (bicyclic) bond motifs is 4. The molecule has 0 radical (unpaired) electrons. The lowest BCUT2D eigenvalue weighted by atomic mass is 9.92. The summed E-state index contributed by atoms with van der Waals surface area (Å²) in [6.07, 6.45) is 28.1. The molecule has 4 aliphatic carbocycles. The number of hydrogen-bond donors (Lipinski definition) is 5. The SMILES string of the molecule is O=C(NC1CCC(Oc2cc(N3CCOCC3)cc3nccnc23)CC1)c1ccc(F)cn1.O=C(NC1CCC(Oc2cc(N3CCOCC3)cc3nccnc23)CC1)c1cccc(CO)n1.O=C(NC1CCC(Oc2cc(N3CCOCC3)cc3nccnc23)CC1)c1cccc(Cl)n1.O=C(NC1CCC(Oc2cc(N3CCOCC3)cc3nccnc23)CC1)c1ncc(F)cc1F. The number of carbonyl (C=O) groups is 4. The molecule has 0 atom stereocenters. The van der Waals surface area contributed by atoms with Crippen molar-refractivity contribution >= 4 is 102 Å². The zero-order chi connectivity index (χ0) is 92.1. The molecule has 0 bridgehead atoms. The minimum absolute atomic E-state index is 0.0345. The summed E-state index contributed by atoms with van der Waals surface area (Å²) in [7, 11) is 0. The van der Waals surface area contributed by atoms with E-state index in [1.54, 1.807) is 86.0 Å². The van der Waals surface area contributed by atoms with Crippen molar-refractivity contribution in [1.29, 1.82) is 0 Å². The van der Waals surface area contributed by atoms with Gasteiger partial charge < -0.3 is 83.9 Å². The fraction of sp³-hybridized carbons (Fsp3) is 0.423. The van der Waals surface area contributed by atoms with Crippen LogP contribution in [-0.4, -0.2) is 242 Å². The molecule has 4 aromatic carbocycles. The van der Waals surface area contributed by atoms with Gasteiger partial charge in [-0.25, -0.2) is 53.0 Å². The highest BCUT2D eigenvalue weighted by molar-refractivity contribution is 6.29. The van der Waals surface area contributed by atoms with E-state index in [1.165, 1.54) is 12.1 Å². The molecule has 4 saturated carbocycles. The van der Waals surface area contributed by atoms with Crippen LogP contribution in [0.5, 0.6) is 23.0 Å². The maximum absolute atomic E-state index is 13.8. The Morgan fingerprint density at radius 1 is 0.351 bits per heavy atom. The van der Waals surface area contributed by atoms with Gasteiger partial charge in [-0.3, -0.25) is 39.1 Å². The van der Waals surface area contributed by atoms with E-state index >= 15 is 0 Å². The number of hydrogen-bond acceptors (Lipinski definition) is 29. The second-order valence-corrected chi connectivity index (χ2v) is 34.4. The van der Waals surface area contributed by atoms with Gasteiger partial charge in [0.15, 0.2) is 11.5 Å². The monoisotopic (exact) mass is 1850 g/mol. The van der Waals surface area contributed by atoms with Crippen molar-refractivity contribution in [2.24, 2.45) is 0 Å². The van der Waals surface area contributed by atoms with Gasteiger partial charge in [0.2, 0.25) is 0 Å². The minimum Gasteiger partial charge on any atom is -0.488 e. The van der Waals surface area contributed by atoms with Crippen LogP contribution in [0.1, 0.15) is 150 Å². The molecule has 37 heteroatoms. The van der Waals surface area contributed by atoms with Gasteiger partial charge in [-0.15, -0.1) is 0 Å². The van der Waals surface area contributed by atoms with Crippen molar-refractivity contribution in [3.63, 3.8) is 0 Å². The van der Waals surface area contributed by atoms with Crippen molar-refractivity contribution in [3.8, 4) is 23.0 Å². The summed E-state index contributed by atoms with van der Waals surface area (Å²) in [6.45, 7) is 12.1. The van der Waals surface area contributed by atoms with Crippen LogP contribution in [0.2, 0.25) is 5.15 Å². The summed E-state index contributed by atoms with van der Waals surface area (Å²) in [5, 5.41) is 21.5. The number of aromatic nitrogens is 12. The maximum atomic E-state index is 13.8. The lowest BCUT2D eigenvalue weighted by Crippen LogP contribution is -2.40. The molecule has 5 N–H and O–H groups in total. The Bertz CT molecular complexity index is 6020. The number of rotatable bonds is 21. The van der Waals surface area contributed by atoms with Gasteiger partial charge >= 0.3 is 0 Å². The Kier molecular flexibility index (Phi) is 31.3. The molecule has 4 aliphatic heterocycles. The maximum Gasteiger partial charge on any atom is 0.273 e. The quantitative estimate of drug-likeness (QED) is 0.0417. The topological polar surface area (TPSA) is 378 Å². The first-order valence-corrected chi connectivity index (χ1v) is 46.3. The fourth-order valence-corrected chi connectivity index (χ4v) is 18.0.